The van der Waals surface area contributed by atoms with Crippen molar-refractivity contribution < 1.29 is 32.6 Å². The van der Waals surface area contributed by atoms with Gasteiger partial charge in [-0.25, -0.2) is 4.79 Å². The van der Waals surface area contributed by atoms with Gasteiger partial charge in [0.25, 0.3) is 5.91 Å². The summed E-state index contributed by atoms with van der Waals surface area (Å²) in [7, 11) is 1.74. The maximum Gasteiger partial charge on any atom is 0.416 e. The number of aliphatic hydroxyl groups excluding tert-OH is 1. The van der Waals surface area contributed by atoms with E-state index in [2.05, 4.69) is 10.2 Å². The highest BCUT2D eigenvalue weighted by molar-refractivity contribution is 6.10. The van der Waals surface area contributed by atoms with E-state index in [4.69, 9.17) is 4.74 Å². The number of hydrogen-bond acceptors (Lipinski definition) is 6. The third kappa shape index (κ3) is 5.97. The molecule has 2 aliphatic rings. The molecule has 1 atom stereocenters. The number of anilines is 1. The fourth-order valence-electron chi connectivity index (χ4n) is 5.81. The van der Waals surface area contributed by atoms with Crippen LogP contribution < -0.4 is 4.90 Å². The minimum absolute atomic E-state index is 0.0508. The molecule has 0 radical (unpaired) electrons. The Morgan fingerprint density at radius 2 is 1.91 bits per heavy atom. The molecule has 1 aliphatic carbocycles. The molecule has 2 aromatic carbocycles. The third-order valence-electron chi connectivity index (χ3n) is 8.27. The summed E-state index contributed by atoms with van der Waals surface area (Å²) >= 11 is 0. The Morgan fingerprint density at radius 3 is 2.47 bits per heavy atom. The summed E-state index contributed by atoms with van der Waals surface area (Å²) in [5.74, 6) is -0.608. The zero-order valence-electron chi connectivity index (χ0n) is 24.9. The van der Waals surface area contributed by atoms with Crippen LogP contribution in [0.15, 0.2) is 42.7 Å². The van der Waals surface area contributed by atoms with Gasteiger partial charge in [-0.2, -0.15) is 13.2 Å². The number of hydrogen-bond donors (Lipinski definition) is 1. The standard InChI is InChI=1S/C31H36F3N5O4/c1-29(2,3)43-28(42)39(30(4)10-7-11-30)15-19-12-22-23(25(13-19)31(32,33)34)16-38(27(22)41)21-9-6-8-20(14-21)24(17-40)26-36-35-18-37(26)5/h6,8-9,12-14,18,24,40H,7,10-11,15-17H2,1-5H3. The Labute approximate surface area is 248 Å². The average Bonchev–Trinajstić information content (AvgIpc) is 3.47. The zero-order valence-corrected chi connectivity index (χ0v) is 24.9. The Kier molecular flexibility index (Phi) is 7.78. The van der Waals surface area contributed by atoms with Crippen molar-refractivity contribution in [3.05, 3.63) is 76.4 Å². The molecule has 9 nitrogen and oxygen atoms in total. The number of benzene rings is 2. The van der Waals surface area contributed by atoms with Crippen molar-refractivity contribution in [2.24, 2.45) is 7.05 Å². The lowest BCUT2D eigenvalue weighted by Crippen LogP contribution is -2.54. The van der Waals surface area contributed by atoms with E-state index >= 15 is 0 Å². The number of aliphatic hydroxyl groups is 1. The maximum absolute atomic E-state index is 14.4. The molecule has 1 aliphatic heterocycles. The normalized spacial score (nSPS) is 17.0. The van der Waals surface area contributed by atoms with Gasteiger partial charge >= 0.3 is 12.3 Å². The van der Waals surface area contributed by atoms with E-state index in [0.717, 1.165) is 12.5 Å². The fraction of sp³-hybridized carbons (Fsp3) is 0.484. The summed E-state index contributed by atoms with van der Waals surface area (Å²) < 4.78 is 50.6. The molecule has 2 amide bonds. The molecule has 0 bridgehead atoms. The highest BCUT2D eigenvalue weighted by atomic mass is 19.4. The highest BCUT2D eigenvalue weighted by Gasteiger charge is 2.44. The lowest BCUT2D eigenvalue weighted by molar-refractivity contribution is -0.138. The van der Waals surface area contributed by atoms with Crippen LogP contribution in [0.4, 0.5) is 23.7 Å². The number of nitrogens with zero attached hydrogens (tertiary/aromatic N) is 5. The molecular formula is C31H36F3N5O4. The summed E-state index contributed by atoms with van der Waals surface area (Å²) in [6.45, 7) is 6.44. The van der Waals surface area contributed by atoms with Gasteiger partial charge in [0.1, 0.15) is 17.8 Å². The lowest BCUT2D eigenvalue weighted by Gasteiger charge is -2.47. The minimum Gasteiger partial charge on any atom is -0.444 e. The highest BCUT2D eigenvalue weighted by Crippen LogP contribution is 2.42. The van der Waals surface area contributed by atoms with E-state index in [-0.39, 0.29) is 36.4 Å². The van der Waals surface area contributed by atoms with E-state index in [9.17, 15) is 27.9 Å². The van der Waals surface area contributed by atoms with Gasteiger partial charge in [-0.1, -0.05) is 12.1 Å². The van der Waals surface area contributed by atoms with E-state index in [0.29, 0.717) is 29.9 Å². The van der Waals surface area contributed by atoms with Gasteiger partial charge in [0.2, 0.25) is 0 Å². The lowest BCUT2D eigenvalue weighted by atomic mass is 9.77. The smallest absolute Gasteiger partial charge is 0.416 e. The van der Waals surface area contributed by atoms with Gasteiger partial charge in [-0.05, 0) is 87.9 Å². The number of rotatable bonds is 7. The quantitative estimate of drug-likeness (QED) is 0.369. The second-order valence-corrected chi connectivity index (χ2v) is 12.6. The molecule has 1 unspecified atom stereocenters. The van der Waals surface area contributed by atoms with Crippen LogP contribution in [-0.2, 0) is 31.1 Å². The number of amides is 2. The molecule has 1 saturated carbocycles. The maximum atomic E-state index is 14.4. The van der Waals surface area contributed by atoms with Crippen LogP contribution in [0.2, 0.25) is 0 Å². The summed E-state index contributed by atoms with van der Waals surface area (Å²) in [4.78, 5) is 29.7. The van der Waals surface area contributed by atoms with Crippen LogP contribution in [0.3, 0.4) is 0 Å². The Morgan fingerprint density at radius 1 is 1.19 bits per heavy atom. The van der Waals surface area contributed by atoms with Crippen LogP contribution in [0.25, 0.3) is 0 Å². The summed E-state index contributed by atoms with van der Waals surface area (Å²) in [5.41, 5.74) is -1.16. The predicted molar refractivity (Wildman–Crippen MR) is 152 cm³/mol. The third-order valence-corrected chi connectivity index (χ3v) is 8.27. The fourth-order valence-corrected chi connectivity index (χ4v) is 5.81. The number of halogens is 3. The monoisotopic (exact) mass is 599 g/mol. The van der Waals surface area contributed by atoms with Crippen molar-refractivity contribution in [1.29, 1.82) is 0 Å². The number of aryl methyl sites for hydroxylation is 1. The van der Waals surface area contributed by atoms with Crippen LogP contribution in [0.1, 0.15) is 91.3 Å². The van der Waals surface area contributed by atoms with Crippen molar-refractivity contribution in [3.8, 4) is 0 Å². The van der Waals surface area contributed by atoms with E-state index in [1.807, 2.05) is 6.92 Å². The number of carbonyl (C=O) groups is 2. The van der Waals surface area contributed by atoms with Crippen LogP contribution >= 0.6 is 0 Å². The first-order valence-corrected chi connectivity index (χ1v) is 14.2. The Balaban J connectivity index is 1.50. The Hall–Kier alpha value is -3.93. The first-order valence-electron chi connectivity index (χ1n) is 14.2. The summed E-state index contributed by atoms with van der Waals surface area (Å²) in [5, 5.41) is 18.1. The van der Waals surface area contributed by atoms with Crippen molar-refractivity contribution in [2.75, 3.05) is 11.5 Å². The van der Waals surface area contributed by atoms with Crippen molar-refractivity contribution >= 4 is 17.7 Å². The van der Waals surface area contributed by atoms with Gasteiger partial charge in [0.15, 0.2) is 0 Å². The van der Waals surface area contributed by atoms with Crippen LogP contribution in [0, 0.1) is 0 Å². The topological polar surface area (TPSA) is 101 Å². The molecule has 43 heavy (non-hydrogen) atoms. The molecule has 1 aromatic heterocycles. The van der Waals surface area contributed by atoms with Gasteiger partial charge in [0, 0.05) is 30.4 Å². The number of aromatic nitrogens is 3. The van der Waals surface area contributed by atoms with Crippen molar-refractivity contribution in [1.82, 2.24) is 19.7 Å². The Bertz CT molecular complexity index is 1540. The number of ether oxygens (including phenoxy) is 1. The first-order chi connectivity index (χ1) is 20.1. The largest absolute Gasteiger partial charge is 0.444 e. The molecule has 2 heterocycles. The van der Waals surface area contributed by atoms with Crippen molar-refractivity contribution in [3.63, 3.8) is 0 Å². The summed E-state index contributed by atoms with van der Waals surface area (Å²) in [6, 6.07) is 9.28. The van der Waals surface area contributed by atoms with Gasteiger partial charge in [0.05, 0.1) is 24.6 Å². The molecule has 1 fully saturated rings. The molecular weight excluding hydrogens is 563 g/mol. The SMILES string of the molecule is Cn1cnnc1C(CO)c1cccc(N2Cc3c(cc(CN(C(=O)OC(C)(C)C)C4(C)CCC4)cc3C(F)(F)F)C2=O)c1. The second-order valence-electron chi connectivity index (χ2n) is 12.6. The van der Waals surface area contributed by atoms with Gasteiger partial charge in [-0.3, -0.25) is 9.69 Å². The zero-order chi connectivity index (χ0) is 31.3. The second kappa shape index (κ2) is 11.0. The first kappa shape index (κ1) is 30.5. The number of fused-ring (bicyclic) bond motifs is 1. The molecule has 0 spiro atoms. The minimum atomic E-state index is -4.72. The average molecular weight is 600 g/mol. The van der Waals surface area contributed by atoms with E-state index in [1.165, 1.54) is 22.2 Å². The molecule has 1 N–H and O–H groups in total. The van der Waals surface area contributed by atoms with Crippen molar-refractivity contribution in [2.45, 2.75) is 83.3 Å². The van der Waals surface area contributed by atoms with Gasteiger partial charge < -0.3 is 19.3 Å². The number of alkyl halides is 3. The predicted octanol–water partition coefficient (Wildman–Crippen LogP) is 5.80. The molecule has 0 saturated heterocycles. The van der Waals surface area contributed by atoms with E-state index in [1.54, 1.807) is 56.7 Å². The molecule has 5 rings (SSSR count). The van der Waals surface area contributed by atoms with Crippen LogP contribution in [-0.4, -0.2) is 54.5 Å². The molecule has 3 aromatic rings. The number of carbonyl (C=O) groups excluding carboxylic acids is 2. The molecule has 12 heteroatoms. The van der Waals surface area contributed by atoms with Gasteiger partial charge in [-0.15, -0.1) is 10.2 Å². The van der Waals surface area contributed by atoms with Crippen LogP contribution in [0.5, 0.6) is 0 Å². The van der Waals surface area contributed by atoms with E-state index < -0.39 is 40.8 Å². The summed E-state index contributed by atoms with van der Waals surface area (Å²) in [6.07, 6.45) is -1.51. The molecule has 230 valence electrons.